The molecular formula is C41H42F3Zr-3. The number of allylic oxidation sites excluding steroid dienone is 8. The molecule has 0 bridgehead atoms. The number of fused-ring (bicyclic) bond motifs is 5. The Hall–Kier alpha value is -2.84. The summed E-state index contributed by atoms with van der Waals surface area (Å²) in [7, 11) is 0. The minimum absolute atomic E-state index is 0.0340. The molecule has 45 heavy (non-hydrogen) atoms. The molecule has 0 fully saturated rings. The topological polar surface area (TPSA) is 0 Å². The monoisotopic (exact) mass is 681 g/mol. The van der Waals surface area contributed by atoms with Crippen molar-refractivity contribution in [2.24, 2.45) is 5.92 Å². The first-order chi connectivity index (χ1) is 21.0. The van der Waals surface area contributed by atoms with Gasteiger partial charge < -0.3 is 0 Å². The zero-order valence-corrected chi connectivity index (χ0v) is 30.4. The van der Waals surface area contributed by atoms with Crippen molar-refractivity contribution < 1.29 is 37.4 Å². The van der Waals surface area contributed by atoms with Crippen LogP contribution in [0.25, 0.3) is 22.3 Å². The Morgan fingerprint density at radius 2 is 1.33 bits per heavy atom. The first-order valence-corrected chi connectivity index (χ1v) is 17.1. The number of rotatable bonds is 0. The van der Waals surface area contributed by atoms with Crippen molar-refractivity contribution in [2.75, 3.05) is 0 Å². The molecule has 0 amide bonds. The summed E-state index contributed by atoms with van der Waals surface area (Å²) >= 11 is 1.30. The summed E-state index contributed by atoms with van der Waals surface area (Å²) < 4.78 is 38.7. The van der Waals surface area contributed by atoms with E-state index in [0.717, 1.165) is 18.6 Å². The Balaban J connectivity index is 0.000000190. The van der Waals surface area contributed by atoms with E-state index in [1.165, 1.54) is 103 Å². The molecular weight excluding hydrogens is 641 g/mol. The van der Waals surface area contributed by atoms with E-state index >= 15 is 0 Å². The molecule has 4 aliphatic carbocycles. The van der Waals surface area contributed by atoms with Crippen molar-refractivity contribution in [3.63, 3.8) is 0 Å². The van der Waals surface area contributed by atoms with Crippen LogP contribution in [0.1, 0.15) is 101 Å². The molecule has 0 nitrogen and oxygen atoms in total. The number of hydrogen-bond acceptors (Lipinski definition) is 0. The third-order valence-corrected chi connectivity index (χ3v) is 9.01. The molecule has 1 atom stereocenters. The van der Waals surface area contributed by atoms with Crippen LogP contribution in [0, 0.1) is 24.1 Å². The van der Waals surface area contributed by atoms with Gasteiger partial charge in [0.2, 0.25) is 0 Å². The fourth-order valence-corrected chi connectivity index (χ4v) is 6.85. The zero-order valence-electron chi connectivity index (χ0n) is 27.9. The van der Waals surface area contributed by atoms with Gasteiger partial charge >= 0.3 is 34.6 Å². The second kappa shape index (κ2) is 13.1. The Bertz CT molecular complexity index is 1620. The quantitative estimate of drug-likeness (QED) is 0.162. The molecule has 0 aliphatic heterocycles. The maximum absolute atomic E-state index is 11.8. The molecule has 0 saturated heterocycles. The number of hydrogen-bond donors (Lipinski definition) is 0. The average Bonchev–Trinajstić information content (AvgIpc) is 3.62. The molecule has 1 unspecified atom stereocenters. The fourth-order valence-electron chi connectivity index (χ4n) is 6.85. The van der Waals surface area contributed by atoms with Crippen LogP contribution < -0.4 is 0 Å². The van der Waals surface area contributed by atoms with Gasteiger partial charge in [0.15, 0.2) is 0 Å². The maximum atomic E-state index is 11.8. The van der Waals surface area contributed by atoms with Crippen LogP contribution in [-0.2, 0) is 47.7 Å². The van der Waals surface area contributed by atoms with Crippen LogP contribution in [0.2, 0.25) is 0 Å². The summed E-state index contributed by atoms with van der Waals surface area (Å²) in [5, 5.41) is 0. The second-order valence-corrected chi connectivity index (χ2v) is 13.4. The minimum atomic E-state index is -4.23. The Morgan fingerprint density at radius 3 is 1.80 bits per heavy atom. The third-order valence-electron chi connectivity index (χ3n) is 9.01. The van der Waals surface area contributed by atoms with Gasteiger partial charge in [0.1, 0.15) is 0 Å². The molecule has 3 aromatic carbocycles. The van der Waals surface area contributed by atoms with Crippen molar-refractivity contribution in [1.82, 2.24) is 0 Å². The molecule has 3 aromatic rings. The summed E-state index contributed by atoms with van der Waals surface area (Å²) in [5.41, 5.74) is 16.6. The van der Waals surface area contributed by atoms with Gasteiger partial charge in [0, 0.05) is 5.41 Å². The average molecular weight is 683 g/mol. The molecule has 0 radical (unpaired) electrons. The molecule has 0 N–H and O–H groups in total. The van der Waals surface area contributed by atoms with E-state index in [1.54, 1.807) is 0 Å². The van der Waals surface area contributed by atoms with Gasteiger partial charge in [-0.25, -0.2) is 16.7 Å². The second-order valence-electron chi connectivity index (χ2n) is 13.4. The van der Waals surface area contributed by atoms with Crippen molar-refractivity contribution >= 4 is 15.4 Å². The third kappa shape index (κ3) is 7.27. The van der Waals surface area contributed by atoms with Crippen molar-refractivity contribution in [2.45, 2.75) is 85.7 Å². The molecule has 0 heterocycles. The summed E-state index contributed by atoms with van der Waals surface area (Å²) in [5.74, 6) is 0.551. The van der Waals surface area contributed by atoms with Crippen molar-refractivity contribution in [1.29, 1.82) is 0 Å². The van der Waals surface area contributed by atoms with Crippen LogP contribution in [0.3, 0.4) is 0 Å². The Kier molecular flexibility index (Phi) is 10.2. The molecule has 0 aromatic heterocycles. The van der Waals surface area contributed by atoms with Gasteiger partial charge in [-0.3, -0.25) is 12.2 Å². The van der Waals surface area contributed by atoms with E-state index in [0.29, 0.717) is 5.92 Å². The summed E-state index contributed by atoms with van der Waals surface area (Å²) in [4.78, 5) is 0. The van der Waals surface area contributed by atoms with E-state index in [1.807, 2.05) is 0 Å². The molecule has 0 saturated carbocycles. The van der Waals surface area contributed by atoms with Gasteiger partial charge in [-0.15, -0.1) is 18.6 Å². The van der Waals surface area contributed by atoms with E-state index in [4.69, 9.17) is 0 Å². The number of benzene rings is 3. The van der Waals surface area contributed by atoms with Crippen LogP contribution in [0.5, 0.6) is 0 Å². The van der Waals surface area contributed by atoms with E-state index < -0.39 is 11.7 Å². The summed E-state index contributed by atoms with van der Waals surface area (Å²) in [6.07, 6.45) is 8.43. The number of alkyl halides is 3. The van der Waals surface area contributed by atoms with Gasteiger partial charge in [-0.05, 0) is 58.4 Å². The first-order valence-electron chi connectivity index (χ1n) is 15.3. The molecule has 4 aliphatic rings. The van der Waals surface area contributed by atoms with Crippen LogP contribution in [0.4, 0.5) is 13.2 Å². The zero-order chi connectivity index (χ0) is 33.5. The van der Waals surface area contributed by atoms with Crippen molar-refractivity contribution in [3.8, 4) is 11.1 Å². The van der Waals surface area contributed by atoms with E-state index in [9.17, 15) is 13.2 Å². The van der Waals surface area contributed by atoms with Crippen LogP contribution in [0.15, 0.2) is 71.8 Å². The van der Waals surface area contributed by atoms with Crippen LogP contribution >= 0.6 is 0 Å². The summed E-state index contributed by atoms with van der Waals surface area (Å²) in [6, 6.07) is 16.8. The van der Waals surface area contributed by atoms with Gasteiger partial charge in [-0.1, -0.05) is 83.6 Å². The Morgan fingerprint density at radius 1 is 0.778 bits per heavy atom. The summed E-state index contributed by atoms with van der Waals surface area (Å²) in [6.45, 7) is 20.1. The SMILES string of the molecule is CC1=[C-]C(C)(C)c2cc3c(cc21)-c1cc2c(cc1C3)C(C)(C)C=C2C.CC1=[C-]C(C)C=C1C.FC(F)(F)c1cc[c-]cc1.[CH2]=[Zr]. The Labute approximate surface area is 283 Å². The van der Waals surface area contributed by atoms with Crippen molar-refractivity contribution in [3.05, 3.63) is 129 Å². The van der Waals surface area contributed by atoms with E-state index in [2.05, 4.69) is 121 Å². The number of halogens is 3. The molecule has 7 rings (SSSR count). The van der Waals surface area contributed by atoms with Gasteiger partial charge in [0.25, 0.3) is 0 Å². The molecule has 0 spiro atoms. The van der Waals surface area contributed by atoms with Crippen LogP contribution in [-0.4, -0.2) is 4.21 Å². The standard InChI is InChI=1S/C25H25.C8H11.C7H4F3.CH2.Zr/c1-14-12-24(3,4)22-8-16-7-17-9-23-19(15(2)13-25(23,5)6)11-21(17)20(16)10-18(14)22;1-6-4-7(2)8(3)5-6;8-7(9,10)6-4-2-1-3-5-6;;/h8-12H,7H2,1-6H3;4,6H,1-3H3;2-5H;1H2;/q3*-1;;. The fraction of sp³-hybridized carbons (Fsp3) is 0.341. The normalized spacial score (nSPS) is 19.0. The van der Waals surface area contributed by atoms with Gasteiger partial charge in [-0.2, -0.15) is 55.1 Å². The molecule has 234 valence electrons. The predicted molar refractivity (Wildman–Crippen MR) is 179 cm³/mol. The van der Waals surface area contributed by atoms with Gasteiger partial charge in [0.05, 0.1) is 0 Å². The predicted octanol–water partition coefficient (Wildman–Crippen LogP) is 11.3. The van der Waals surface area contributed by atoms with E-state index in [-0.39, 0.29) is 10.8 Å². The first kappa shape index (κ1) is 35.0. The molecule has 4 heteroatoms.